The molecule has 18 heavy (non-hydrogen) atoms. The maximum atomic E-state index is 5.28. The minimum atomic E-state index is 0.945. The number of rotatable bonds is 5. The molecule has 3 nitrogen and oxygen atoms in total. The van der Waals surface area contributed by atoms with Crippen LogP contribution in [0.3, 0.4) is 0 Å². The normalized spacial score (nSPS) is 16.9. The zero-order valence-corrected chi connectivity index (χ0v) is 11.6. The Hall–Kier alpha value is -1.22. The summed E-state index contributed by atoms with van der Waals surface area (Å²) in [4.78, 5) is 5.02. The van der Waals surface area contributed by atoms with Crippen LogP contribution in [-0.4, -0.2) is 44.7 Å². The van der Waals surface area contributed by atoms with E-state index in [2.05, 4.69) is 34.9 Å². The molecule has 1 saturated heterocycles. The first-order valence-electron chi connectivity index (χ1n) is 6.95. The van der Waals surface area contributed by atoms with Crippen molar-refractivity contribution >= 4 is 5.69 Å². The molecular weight excluding hydrogens is 224 g/mol. The number of benzene rings is 1. The lowest BCUT2D eigenvalue weighted by Crippen LogP contribution is -2.46. The first-order chi connectivity index (χ1) is 8.83. The van der Waals surface area contributed by atoms with Gasteiger partial charge in [-0.3, -0.25) is 4.90 Å². The van der Waals surface area contributed by atoms with Crippen molar-refractivity contribution in [2.24, 2.45) is 0 Å². The van der Waals surface area contributed by atoms with Gasteiger partial charge in [0.25, 0.3) is 0 Å². The fourth-order valence-corrected chi connectivity index (χ4v) is 2.42. The van der Waals surface area contributed by atoms with Crippen LogP contribution in [0.15, 0.2) is 24.3 Å². The smallest absolute Gasteiger partial charge is 0.120 e. The van der Waals surface area contributed by atoms with Gasteiger partial charge in [-0.1, -0.05) is 19.4 Å². The van der Waals surface area contributed by atoms with Gasteiger partial charge >= 0.3 is 0 Å². The van der Waals surface area contributed by atoms with Gasteiger partial charge in [0, 0.05) is 37.9 Å². The van der Waals surface area contributed by atoms with E-state index in [9.17, 15) is 0 Å². The van der Waals surface area contributed by atoms with Crippen LogP contribution in [0.1, 0.15) is 19.8 Å². The molecular formula is C15H24N2O. The van der Waals surface area contributed by atoms with Gasteiger partial charge in [-0.25, -0.2) is 0 Å². The Morgan fingerprint density at radius 1 is 1.17 bits per heavy atom. The predicted molar refractivity (Wildman–Crippen MR) is 76.6 cm³/mol. The molecule has 1 aromatic rings. The molecule has 0 radical (unpaired) electrons. The minimum Gasteiger partial charge on any atom is -0.497 e. The van der Waals surface area contributed by atoms with E-state index in [-0.39, 0.29) is 0 Å². The van der Waals surface area contributed by atoms with Gasteiger partial charge in [0.15, 0.2) is 0 Å². The summed E-state index contributed by atoms with van der Waals surface area (Å²) in [6, 6.07) is 8.37. The molecule has 0 amide bonds. The van der Waals surface area contributed by atoms with E-state index in [1.165, 1.54) is 38.2 Å². The Balaban J connectivity index is 1.88. The fraction of sp³-hybridized carbons (Fsp3) is 0.600. The quantitative estimate of drug-likeness (QED) is 0.796. The number of hydrogen-bond donors (Lipinski definition) is 0. The second kappa shape index (κ2) is 6.64. The third-order valence-electron chi connectivity index (χ3n) is 3.62. The molecule has 0 saturated carbocycles. The molecule has 0 aromatic heterocycles. The summed E-state index contributed by atoms with van der Waals surface area (Å²) in [5.74, 6) is 0.945. The molecule has 0 unspecified atom stereocenters. The zero-order valence-electron chi connectivity index (χ0n) is 11.6. The SMILES string of the molecule is CCCCN1CCN(c2cccc(OC)c2)CC1. The van der Waals surface area contributed by atoms with E-state index in [0.29, 0.717) is 0 Å². The molecule has 3 heteroatoms. The molecule has 0 atom stereocenters. The third-order valence-corrected chi connectivity index (χ3v) is 3.62. The van der Waals surface area contributed by atoms with Crippen molar-refractivity contribution in [1.29, 1.82) is 0 Å². The van der Waals surface area contributed by atoms with Crippen molar-refractivity contribution in [3.05, 3.63) is 24.3 Å². The summed E-state index contributed by atoms with van der Waals surface area (Å²) in [6.07, 6.45) is 2.61. The molecule has 1 aliphatic heterocycles. The van der Waals surface area contributed by atoms with Crippen LogP contribution in [0, 0.1) is 0 Å². The van der Waals surface area contributed by atoms with Crippen LogP contribution in [0.25, 0.3) is 0 Å². The highest BCUT2D eigenvalue weighted by Gasteiger charge is 2.16. The van der Waals surface area contributed by atoms with Crippen molar-refractivity contribution in [3.8, 4) is 5.75 Å². The lowest BCUT2D eigenvalue weighted by Gasteiger charge is -2.36. The lowest BCUT2D eigenvalue weighted by atomic mass is 10.2. The summed E-state index contributed by atoms with van der Waals surface area (Å²) in [5.41, 5.74) is 1.28. The predicted octanol–water partition coefficient (Wildman–Crippen LogP) is 2.62. The van der Waals surface area contributed by atoms with Crippen molar-refractivity contribution in [2.45, 2.75) is 19.8 Å². The second-order valence-electron chi connectivity index (χ2n) is 4.88. The first kappa shape index (κ1) is 13.2. The topological polar surface area (TPSA) is 15.7 Å². The van der Waals surface area contributed by atoms with Gasteiger partial charge in [0.1, 0.15) is 5.75 Å². The molecule has 100 valence electrons. The number of piperazine rings is 1. The maximum Gasteiger partial charge on any atom is 0.120 e. The molecule has 2 rings (SSSR count). The average Bonchev–Trinajstić information content (AvgIpc) is 2.46. The number of nitrogens with zero attached hydrogens (tertiary/aromatic N) is 2. The molecule has 1 heterocycles. The maximum absolute atomic E-state index is 5.28. The molecule has 0 spiro atoms. The molecule has 1 fully saturated rings. The van der Waals surface area contributed by atoms with Crippen LogP contribution in [0.4, 0.5) is 5.69 Å². The Morgan fingerprint density at radius 2 is 1.94 bits per heavy atom. The van der Waals surface area contributed by atoms with Gasteiger partial charge < -0.3 is 9.64 Å². The van der Waals surface area contributed by atoms with Crippen molar-refractivity contribution in [1.82, 2.24) is 4.90 Å². The molecule has 0 bridgehead atoms. The standard InChI is InChI=1S/C15H24N2O/c1-3-4-8-16-9-11-17(12-10-16)14-6-5-7-15(13-14)18-2/h5-7,13H,3-4,8-12H2,1-2H3. The molecule has 1 aromatic carbocycles. The number of methoxy groups -OCH3 is 1. The van der Waals surface area contributed by atoms with Gasteiger partial charge in [0.2, 0.25) is 0 Å². The largest absolute Gasteiger partial charge is 0.497 e. The highest BCUT2D eigenvalue weighted by Crippen LogP contribution is 2.22. The Bertz CT molecular complexity index is 359. The Morgan fingerprint density at radius 3 is 2.61 bits per heavy atom. The Kier molecular flexibility index (Phi) is 4.88. The van der Waals surface area contributed by atoms with E-state index < -0.39 is 0 Å². The summed E-state index contributed by atoms with van der Waals surface area (Å²) in [6.45, 7) is 8.11. The van der Waals surface area contributed by atoms with Gasteiger partial charge in [-0.15, -0.1) is 0 Å². The summed E-state index contributed by atoms with van der Waals surface area (Å²) >= 11 is 0. The number of unbranched alkanes of at least 4 members (excludes halogenated alkanes) is 1. The monoisotopic (exact) mass is 248 g/mol. The van der Waals surface area contributed by atoms with E-state index in [1.807, 2.05) is 6.07 Å². The minimum absolute atomic E-state index is 0.945. The summed E-state index contributed by atoms with van der Waals surface area (Å²) < 4.78 is 5.28. The van der Waals surface area contributed by atoms with Crippen molar-refractivity contribution in [3.63, 3.8) is 0 Å². The van der Waals surface area contributed by atoms with Gasteiger partial charge in [0.05, 0.1) is 7.11 Å². The van der Waals surface area contributed by atoms with Crippen molar-refractivity contribution < 1.29 is 4.74 Å². The summed E-state index contributed by atoms with van der Waals surface area (Å²) in [5, 5.41) is 0. The summed E-state index contributed by atoms with van der Waals surface area (Å²) in [7, 11) is 1.72. The van der Waals surface area contributed by atoms with Crippen LogP contribution in [0.5, 0.6) is 5.75 Å². The van der Waals surface area contributed by atoms with Gasteiger partial charge in [-0.2, -0.15) is 0 Å². The van der Waals surface area contributed by atoms with Crippen LogP contribution in [-0.2, 0) is 0 Å². The highest BCUT2D eigenvalue weighted by molar-refractivity contribution is 5.51. The van der Waals surface area contributed by atoms with Gasteiger partial charge in [-0.05, 0) is 25.1 Å². The number of hydrogen-bond acceptors (Lipinski definition) is 3. The number of ether oxygens (including phenoxy) is 1. The van der Waals surface area contributed by atoms with E-state index in [0.717, 1.165) is 18.8 Å². The van der Waals surface area contributed by atoms with E-state index in [4.69, 9.17) is 4.74 Å². The van der Waals surface area contributed by atoms with Crippen molar-refractivity contribution in [2.75, 3.05) is 44.7 Å². The van der Waals surface area contributed by atoms with E-state index >= 15 is 0 Å². The molecule has 1 aliphatic rings. The Labute approximate surface area is 110 Å². The first-order valence-corrected chi connectivity index (χ1v) is 6.95. The molecule has 0 aliphatic carbocycles. The van der Waals surface area contributed by atoms with Crippen LogP contribution >= 0.6 is 0 Å². The fourth-order valence-electron chi connectivity index (χ4n) is 2.42. The number of anilines is 1. The molecule has 0 N–H and O–H groups in total. The van der Waals surface area contributed by atoms with Crippen LogP contribution in [0.2, 0.25) is 0 Å². The highest BCUT2D eigenvalue weighted by atomic mass is 16.5. The average molecular weight is 248 g/mol. The van der Waals surface area contributed by atoms with Crippen LogP contribution < -0.4 is 9.64 Å². The zero-order chi connectivity index (χ0) is 12.8. The third kappa shape index (κ3) is 3.39. The van der Waals surface area contributed by atoms with E-state index in [1.54, 1.807) is 7.11 Å². The lowest BCUT2D eigenvalue weighted by molar-refractivity contribution is 0.254. The second-order valence-corrected chi connectivity index (χ2v) is 4.88.